The summed E-state index contributed by atoms with van der Waals surface area (Å²) in [6.45, 7) is 6.04. The number of hydrogen-bond acceptors (Lipinski definition) is 6. The molecule has 36 heavy (non-hydrogen) atoms. The first kappa shape index (κ1) is 24.1. The van der Waals surface area contributed by atoms with Crippen LogP contribution in [0.2, 0.25) is 0 Å². The number of benzene rings is 3. The minimum atomic E-state index is -3.94. The lowest BCUT2D eigenvalue weighted by atomic mass is 10.1. The van der Waals surface area contributed by atoms with Crippen LogP contribution in [-0.2, 0) is 21.4 Å². The number of amides is 1. The van der Waals surface area contributed by atoms with Gasteiger partial charge < -0.3 is 10.1 Å². The Morgan fingerprint density at radius 2 is 1.78 bits per heavy atom. The normalized spacial score (nSPS) is 15.4. The minimum Gasteiger partial charge on any atom is -0.476 e. The van der Waals surface area contributed by atoms with Crippen LogP contribution in [0.5, 0.6) is 5.75 Å². The van der Waals surface area contributed by atoms with Gasteiger partial charge in [-0.2, -0.15) is 0 Å². The van der Waals surface area contributed by atoms with Crippen molar-refractivity contribution in [2.24, 2.45) is 0 Å². The number of carbonyl (C=O) groups excluding carboxylic acids is 1. The highest BCUT2D eigenvalue weighted by molar-refractivity contribution is 7.92. The smallest absolute Gasteiger partial charge is 0.308 e. The first-order chi connectivity index (χ1) is 17.2. The predicted octanol–water partition coefficient (Wildman–Crippen LogP) is 4.29. The zero-order valence-electron chi connectivity index (χ0n) is 20.0. The van der Waals surface area contributed by atoms with Crippen molar-refractivity contribution in [3.63, 3.8) is 0 Å². The monoisotopic (exact) mass is 523 g/mol. The van der Waals surface area contributed by atoms with Gasteiger partial charge in [0.25, 0.3) is 15.9 Å². The molecular weight excluding hydrogens is 498 g/mol. The summed E-state index contributed by atoms with van der Waals surface area (Å²) in [5.41, 5.74) is 3.52. The van der Waals surface area contributed by atoms with Gasteiger partial charge in [-0.05, 0) is 68.8 Å². The number of sulfonamides is 1. The van der Waals surface area contributed by atoms with E-state index in [0.29, 0.717) is 23.7 Å². The van der Waals surface area contributed by atoms with Crippen molar-refractivity contribution in [3.05, 3.63) is 81.5 Å². The second-order valence-electron chi connectivity index (χ2n) is 8.71. The quantitative estimate of drug-likeness (QED) is 0.421. The van der Waals surface area contributed by atoms with Crippen LogP contribution in [0.3, 0.4) is 0 Å². The molecule has 1 aliphatic heterocycles. The Bertz CT molecular complexity index is 1640. The molecule has 0 saturated carbocycles. The van der Waals surface area contributed by atoms with E-state index >= 15 is 0 Å². The summed E-state index contributed by atoms with van der Waals surface area (Å²) in [6, 6.07) is 17.1. The van der Waals surface area contributed by atoms with E-state index in [1.54, 1.807) is 59.2 Å². The number of aromatic nitrogens is 1. The number of thiazole rings is 1. The molecule has 1 N–H and O–H groups in total. The van der Waals surface area contributed by atoms with Crippen LogP contribution in [0.25, 0.3) is 10.2 Å². The molecule has 3 aromatic carbocycles. The molecule has 1 aliphatic rings. The molecule has 8 nitrogen and oxygen atoms in total. The van der Waals surface area contributed by atoms with Crippen LogP contribution < -0.4 is 19.2 Å². The van der Waals surface area contributed by atoms with Gasteiger partial charge in [0.15, 0.2) is 6.10 Å². The fourth-order valence-electron chi connectivity index (χ4n) is 4.23. The van der Waals surface area contributed by atoms with Crippen molar-refractivity contribution in [1.29, 1.82) is 0 Å². The number of aryl methyl sites for hydroxylation is 3. The standard InChI is InChI=1S/C26H25N3O5S2/c1-4-28-20-11-8-18(14-24(20)35-26(28)31)27-25(30)23-15-29(21-13-17(3)7-12-22(21)34-23)36(32,33)19-9-5-16(2)6-10-19/h5-14,23H,4,15H2,1-3H3,(H,27,30)/t23-/m0/s1. The van der Waals surface area contributed by atoms with Gasteiger partial charge in [-0.15, -0.1) is 0 Å². The Labute approximate surface area is 212 Å². The van der Waals surface area contributed by atoms with Gasteiger partial charge in [0.05, 0.1) is 27.3 Å². The molecule has 4 aromatic rings. The van der Waals surface area contributed by atoms with Crippen LogP contribution in [0.15, 0.2) is 70.4 Å². The number of fused-ring (bicyclic) bond motifs is 2. The summed E-state index contributed by atoms with van der Waals surface area (Å²) >= 11 is 1.11. The van der Waals surface area contributed by atoms with E-state index in [4.69, 9.17) is 4.74 Å². The molecule has 1 atom stereocenters. The second-order valence-corrected chi connectivity index (χ2v) is 11.6. The Balaban J connectivity index is 1.47. The molecule has 10 heteroatoms. The third-order valence-electron chi connectivity index (χ3n) is 6.14. The molecule has 0 radical (unpaired) electrons. The summed E-state index contributed by atoms with van der Waals surface area (Å²) in [5, 5.41) is 2.82. The highest BCUT2D eigenvalue weighted by Gasteiger charge is 2.37. The van der Waals surface area contributed by atoms with Crippen molar-refractivity contribution in [2.75, 3.05) is 16.2 Å². The van der Waals surface area contributed by atoms with Gasteiger partial charge >= 0.3 is 4.87 Å². The van der Waals surface area contributed by atoms with Crippen molar-refractivity contribution in [2.45, 2.75) is 38.3 Å². The van der Waals surface area contributed by atoms with Crippen molar-refractivity contribution in [3.8, 4) is 5.75 Å². The second kappa shape index (κ2) is 9.11. The maximum Gasteiger partial charge on any atom is 0.308 e. The Kier molecular flexibility index (Phi) is 6.09. The van der Waals surface area contributed by atoms with Crippen LogP contribution in [-0.4, -0.2) is 31.5 Å². The van der Waals surface area contributed by atoms with Gasteiger partial charge in [-0.3, -0.25) is 18.5 Å². The Morgan fingerprint density at radius 3 is 2.50 bits per heavy atom. The van der Waals surface area contributed by atoms with E-state index in [-0.39, 0.29) is 16.3 Å². The molecule has 0 aliphatic carbocycles. The molecule has 0 fully saturated rings. The van der Waals surface area contributed by atoms with E-state index in [0.717, 1.165) is 32.7 Å². The molecule has 2 heterocycles. The first-order valence-corrected chi connectivity index (χ1v) is 13.7. The number of carbonyl (C=O) groups is 1. The largest absolute Gasteiger partial charge is 0.476 e. The van der Waals surface area contributed by atoms with Gasteiger partial charge in [0.1, 0.15) is 5.75 Å². The average molecular weight is 524 g/mol. The lowest BCUT2D eigenvalue weighted by Crippen LogP contribution is -2.48. The summed E-state index contributed by atoms with van der Waals surface area (Å²) in [6.07, 6.45) is -1.07. The van der Waals surface area contributed by atoms with Crippen LogP contribution >= 0.6 is 11.3 Å². The van der Waals surface area contributed by atoms with Crippen LogP contribution in [0, 0.1) is 13.8 Å². The Hall–Kier alpha value is -3.63. The van der Waals surface area contributed by atoms with E-state index < -0.39 is 22.0 Å². The lowest BCUT2D eigenvalue weighted by molar-refractivity contribution is -0.122. The molecule has 0 spiro atoms. The summed E-state index contributed by atoms with van der Waals surface area (Å²) in [7, 11) is -3.94. The summed E-state index contributed by atoms with van der Waals surface area (Å²) in [4.78, 5) is 25.5. The van der Waals surface area contributed by atoms with Crippen LogP contribution in [0.4, 0.5) is 11.4 Å². The van der Waals surface area contributed by atoms with Gasteiger partial charge in [0, 0.05) is 12.2 Å². The van der Waals surface area contributed by atoms with Gasteiger partial charge in [-0.25, -0.2) is 8.42 Å². The molecule has 1 amide bonds. The number of hydrogen-bond donors (Lipinski definition) is 1. The van der Waals surface area contributed by atoms with Crippen LogP contribution in [0.1, 0.15) is 18.1 Å². The maximum absolute atomic E-state index is 13.6. The molecule has 5 rings (SSSR count). The van der Waals surface area contributed by atoms with Crippen molar-refractivity contribution >= 4 is 48.9 Å². The molecule has 0 bridgehead atoms. The molecule has 0 saturated heterocycles. The SMILES string of the molecule is CCn1c(=O)sc2cc(NC(=O)[C@@H]3CN(S(=O)(=O)c4ccc(C)cc4)c4cc(C)ccc4O3)ccc21. The highest BCUT2D eigenvalue weighted by atomic mass is 32.2. The summed E-state index contributed by atoms with van der Waals surface area (Å²) in [5.74, 6) is -0.164. The maximum atomic E-state index is 13.6. The Morgan fingerprint density at radius 1 is 1.06 bits per heavy atom. The minimum absolute atomic E-state index is 0.0598. The zero-order valence-corrected chi connectivity index (χ0v) is 21.7. The number of ether oxygens (including phenoxy) is 1. The molecule has 186 valence electrons. The number of nitrogens with one attached hydrogen (secondary N) is 1. The van der Waals surface area contributed by atoms with E-state index in [9.17, 15) is 18.0 Å². The average Bonchev–Trinajstić information content (AvgIpc) is 3.17. The lowest BCUT2D eigenvalue weighted by Gasteiger charge is -2.35. The zero-order chi connectivity index (χ0) is 25.6. The van der Waals surface area contributed by atoms with Crippen molar-refractivity contribution < 1.29 is 17.9 Å². The van der Waals surface area contributed by atoms with Crippen molar-refractivity contribution in [1.82, 2.24) is 4.57 Å². The molecular formula is C26H25N3O5S2. The van der Waals surface area contributed by atoms with E-state index in [2.05, 4.69) is 5.32 Å². The van der Waals surface area contributed by atoms with E-state index in [1.807, 2.05) is 26.8 Å². The first-order valence-electron chi connectivity index (χ1n) is 11.5. The van der Waals surface area contributed by atoms with E-state index in [1.165, 1.54) is 4.31 Å². The highest BCUT2D eigenvalue weighted by Crippen LogP contribution is 2.38. The molecule has 1 aromatic heterocycles. The third kappa shape index (κ3) is 4.27. The fraction of sp³-hybridized carbons (Fsp3) is 0.231. The van der Waals surface area contributed by atoms with Gasteiger partial charge in [0.2, 0.25) is 0 Å². The third-order valence-corrected chi connectivity index (χ3v) is 8.87. The number of rotatable bonds is 5. The topological polar surface area (TPSA) is 97.7 Å². The number of anilines is 2. The predicted molar refractivity (Wildman–Crippen MR) is 142 cm³/mol. The fourth-order valence-corrected chi connectivity index (χ4v) is 6.69. The molecule has 0 unspecified atom stereocenters. The number of nitrogens with zero attached hydrogens (tertiary/aromatic N) is 2. The summed E-state index contributed by atoms with van der Waals surface area (Å²) < 4.78 is 36.9. The van der Waals surface area contributed by atoms with Gasteiger partial charge in [-0.1, -0.05) is 35.1 Å².